The summed E-state index contributed by atoms with van der Waals surface area (Å²) in [6.07, 6.45) is 1.32. The zero-order valence-electron chi connectivity index (χ0n) is 15.2. The predicted molar refractivity (Wildman–Crippen MR) is 106 cm³/mol. The molecular weight excluding hydrogens is 360 g/mol. The number of hydrogen-bond donors (Lipinski definition) is 4. The zero-order chi connectivity index (χ0) is 19.8. The van der Waals surface area contributed by atoms with Crippen molar-refractivity contribution in [3.05, 3.63) is 60.9 Å². The van der Waals surface area contributed by atoms with Crippen molar-refractivity contribution < 1.29 is 14.3 Å². The predicted octanol–water partition coefficient (Wildman–Crippen LogP) is 2.33. The summed E-state index contributed by atoms with van der Waals surface area (Å²) in [7, 11) is 1.57. The number of methoxy groups -OCH3 is 1. The number of amides is 1. The van der Waals surface area contributed by atoms with Crippen molar-refractivity contribution in [1.82, 2.24) is 15.4 Å². The van der Waals surface area contributed by atoms with E-state index in [9.17, 15) is 4.79 Å². The van der Waals surface area contributed by atoms with Gasteiger partial charge in [-0.3, -0.25) is 15.6 Å². The number of hydrazine groups is 1. The molecule has 1 aromatic heterocycles. The first kappa shape index (κ1) is 18.8. The third kappa shape index (κ3) is 4.79. The molecule has 0 aliphatic heterocycles. The highest BCUT2D eigenvalue weighted by Crippen LogP contribution is 2.30. The Balaban J connectivity index is 1.60. The van der Waals surface area contributed by atoms with E-state index in [4.69, 9.17) is 15.2 Å². The van der Waals surface area contributed by atoms with E-state index in [2.05, 4.69) is 26.1 Å². The maximum Gasteiger partial charge on any atom is 0.276 e. The molecule has 3 rings (SSSR count). The lowest BCUT2D eigenvalue weighted by atomic mass is 10.3. The number of nitrogen functional groups attached to an aromatic ring is 1. The number of nitrogens with zero attached hydrogens (tertiary/aromatic N) is 2. The standard InChI is InChI=1S/C19H20N6O3/c1-27-15-10-6-5-9-14(15)23-18-17(20)19(22-12-21-18)25-24-16(26)11-28-13-7-3-2-4-8-13/h2-10,12H,11,20H2,1H3,(H,24,26)(H2,21,22,23,25). The van der Waals surface area contributed by atoms with Gasteiger partial charge in [-0.15, -0.1) is 0 Å². The summed E-state index contributed by atoms with van der Waals surface area (Å²) in [5.41, 5.74) is 12.2. The molecule has 5 N–H and O–H groups in total. The maximum absolute atomic E-state index is 11.9. The van der Waals surface area contributed by atoms with Crippen LogP contribution in [-0.4, -0.2) is 29.6 Å². The van der Waals surface area contributed by atoms with E-state index in [1.807, 2.05) is 42.5 Å². The number of nitrogens with two attached hydrogens (primary N) is 1. The summed E-state index contributed by atoms with van der Waals surface area (Å²) < 4.78 is 10.7. The number of benzene rings is 2. The van der Waals surface area contributed by atoms with Gasteiger partial charge >= 0.3 is 0 Å². The first-order valence-electron chi connectivity index (χ1n) is 8.40. The van der Waals surface area contributed by atoms with Crippen molar-refractivity contribution >= 4 is 28.9 Å². The molecule has 0 atom stereocenters. The van der Waals surface area contributed by atoms with E-state index < -0.39 is 0 Å². The van der Waals surface area contributed by atoms with Gasteiger partial charge in [0.25, 0.3) is 5.91 Å². The molecule has 0 saturated heterocycles. The average molecular weight is 380 g/mol. The van der Waals surface area contributed by atoms with Crippen molar-refractivity contribution in [2.75, 3.05) is 30.2 Å². The Hall–Kier alpha value is -4.01. The molecule has 3 aromatic rings. The summed E-state index contributed by atoms with van der Waals surface area (Å²) >= 11 is 0. The minimum Gasteiger partial charge on any atom is -0.495 e. The number of nitrogens with one attached hydrogen (secondary N) is 3. The first-order chi connectivity index (χ1) is 13.7. The number of rotatable bonds is 8. The molecule has 2 aromatic carbocycles. The van der Waals surface area contributed by atoms with Crippen molar-refractivity contribution in [1.29, 1.82) is 0 Å². The number of anilines is 4. The van der Waals surface area contributed by atoms with Crippen molar-refractivity contribution in [2.45, 2.75) is 0 Å². The quantitative estimate of drug-likeness (QED) is 0.439. The molecular formula is C19H20N6O3. The molecule has 28 heavy (non-hydrogen) atoms. The van der Waals surface area contributed by atoms with Gasteiger partial charge in [-0.05, 0) is 24.3 Å². The third-order valence-corrected chi connectivity index (χ3v) is 3.68. The summed E-state index contributed by atoms with van der Waals surface area (Å²) in [5, 5.41) is 3.09. The molecule has 0 aliphatic carbocycles. The SMILES string of the molecule is COc1ccccc1Nc1ncnc(NNC(=O)COc2ccccc2)c1N. The lowest BCUT2D eigenvalue weighted by Crippen LogP contribution is -2.34. The Morgan fingerprint density at radius 1 is 1.04 bits per heavy atom. The normalized spacial score (nSPS) is 10.0. The number of aromatic nitrogens is 2. The van der Waals surface area contributed by atoms with Crippen LogP contribution in [0.1, 0.15) is 0 Å². The lowest BCUT2D eigenvalue weighted by Gasteiger charge is -2.14. The molecule has 0 bridgehead atoms. The fraction of sp³-hybridized carbons (Fsp3) is 0.105. The van der Waals surface area contributed by atoms with Crippen molar-refractivity contribution in [3.63, 3.8) is 0 Å². The maximum atomic E-state index is 11.9. The fourth-order valence-corrected chi connectivity index (χ4v) is 2.30. The molecule has 1 amide bonds. The largest absolute Gasteiger partial charge is 0.495 e. The Morgan fingerprint density at radius 3 is 2.54 bits per heavy atom. The molecule has 0 aliphatic rings. The van der Waals surface area contributed by atoms with Crippen molar-refractivity contribution in [2.24, 2.45) is 0 Å². The second kappa shape index (κ2) is 9.08. The molecule has 0 radical (unpaired) electrons. The molecule has 9 heteroatoms. The Bertz CT molecular complexity index is 936. The zero-order valence-corrected chi connectivity index (χ0v) is 15.2. The van der Waals surface area contributed by atoms with Crippen LogP contribution < -0.4 is 31.4 Å². The first-order valence-corrected chi connectivity index (χ1v) is 8.40. The van der Waals surface area contributed by atoms with Gasteiger partial charge in [-0.1, -0.05) is 30.3 Å². The highest BCUT2D eigenvalue weighted by molar-refractivity contribution is 5.82. The van der Waals surface area contributed by atoms with E-state index >= 15 is 0 Å². The van der Waals surface area contributed by atoms with Crippen molar-refractivity contribution in [3.8, 4) is 11.5 Å². The number of carbonyl (C=O) groups excluding carboxylic acids is 1. The van der Waals surface area contributed by atoms with Crippen LogP contribution in [-0.2, 0) is 4.79 Å². The summed E-state index contributed by atoms with van der Waals surface area (Å²) in [4.78, 5) is 20.1. The molecule has 0 spiro atoms. The monoisotopic (exact) mass is 380 g/mol. The Kier molecular flexibility index (Phi) is 6.09. The average Bonchev–Trinajstić information content (AvgIpc) is 2.74. The molecule has 9 nitrogen and oxygen atoms in total. The van der Waals surface area contributed by atoms with Gasteiger partial charge in [-0.2, -0.15) is 0 Å². The lowest BCUT2D eigenvalue weighted by molar-refractivity contribution is -0.122. The minimum atomic E-state index is -0.388. The van der Waals surface area contributed by atoms with E-state index in [1.54, 1.807) is 19.2 Å². The second-order valence-electron chi connectivity index (χ2n) is 5.58. The van der Waals surface area contributed by atoms with Crippen LogP contribution in [0.5, 0.6) is 11.5 Å². The summed E-state index contributed by atoms with van der Waals surface area (Å²) in [5.74, 6) is 1.47. The highest BCUT2D eigenvalue weighted by Gasteiger charge is 2.11. The van der Waals surface area contributed by atoms with Gasteiger partial charge in [0.05, 0.1) is 12.8 Å². The van der Waals surface area contributed by atoms with E-state index in [1.165, 1.54) is 6.33 Å². The number of ether oxygens (including phenoxy) is 2. The van der Waals surface area contributed by atoms with E-state index in [0.717, 1.165) is 0 Å². The fourth-order valence-electron chi connectivity index (χ4n) is 2.30. The number of para-hydroxylation sites is 3. The number of carbonyl (C=O) groups is 1. The van der Waals surface area contributed by atoms with Gasteiger partial charge in [-0.25, -0.2) is 9.97 Å². The van der Waals surface area contributed by atoms with Gasteiger partial charge in [0.1, 0.15) is 23.5 Å². The van der Waals surface area contributed by atoms with Gasteiger partial charge in [0.2, 0.25) is 0 Å². The van der Waals surface area contributed by atoms with E-state index in [0.29, 0.717) is 23.0 Å². The van der Waals surface area contributed by atoms with Gasteiger partial charge in [0.15, 0.2) is 18.2 Å². The van der Waals surface area contributed by atoms with Crippen LogP contribution in [0.4, 0.5) is 23.0 Å². The van der Waals surface area contributed by atoms with Gasteiger partial charge in [0, 0.05) is 0 Å². The Morgan fingerprint density at radius 2 is 1.75 bits per heavy atom. The van der Waals surface area contributed by atoms with Crippen LogP contribution in [0.3, 0.4) is 0 Å². The molecule has 0 fully saturated rings. The molecule has 144 valence electrons. The Labute approximate surface area is 161 Å². The third-order valence-electron chi connectivity index (χ3n) is 3.68. The van der Waals surface area contributed by atoms with Crippen LogP contribution in [0.25, 0.3) is 0 Å². The van der Waals surface area contributed by atoms with Crippen LogP contribution in [0.2, 0.25) is 0 Å². The topological polar surface area (TPSA) is 123 Å². The summed E-state index contributed by atoms with van der Waals surface area (Å²) in [6, 6.07) is 16.4. The smallest absolute Gasteiger partial charge is 0.276 e. The van der Waals surface area contributed by atoms with Gasteiger partial charge < -0.3 is 20.5 Å². The van der Waals surface area contributed by atoms with E-state index in [-0.39, 0.29) is 24.0 Å². The molecule has 0 unspecified atom stereocenters. The second-order valence-corrected chi connectivity index (χ2v) is 5.58. The molecule has 0 saturated carbocycles. The summed E-state index contributed by atoms with van der Waals surface area (Å²) in [6.45, 7) is -0.158. The van der Waals surface area contributed by atoms with Crippen LogP contribution >= 0.6 is 0 Å². The minimum absolute atomic E-state index is 0.158. The number of hydrogen-bond acceptors (Lipinski definition) is 8. The molecule has 1 heterocycles. The van der Waals surface area contributed by atoms with Crippen LogP contribution in [0, 0.1) is 0 Å². The highest BCUT2D eigenvalue weighted by atomic mass is 16.5. The van der Waals surface area contributed by atoms with Crippen LogP contribution in [0.15, 0.2) is 60.9 Å².